The van der Waals surface area contributed by atoms with Gasteiger partial charge in [-0.05, 0) is 24.6 Å². The Hall–Kier alpha value is -1.07. The zero-order chi connectivity index (χ0) is 10.6. The summed E-state index contributed by atoms with van der Waals surface area (Å²) in [4.78, 5) is 11.1. The maximum absolute atomic E-state index is 12.8. The van der Waals surface area contributed by atoms with Gasteiger partial charge < -0.3 is 5.32 Å². The Kier molecular flexibility index (Phi) is 3.91. The van der Waals surface area contributed by atoms with E-state index in [1.54, 1.807) is 13.0 Å². The quantitative estimate of drug-likeness (QED) is 0.753. The van der Waals surface area contributed by atoms with E-state index in [1.807, 2.05) is 0 Å². The molecule has 0 aliphatic rings. The SMILES string of the molecule is Cc1ccc(F)cc1NC(=O)CSN. The van der Waals surface area contributed by atoms with Crippen LogP contribution in [0.5, 0.6) is 0 Å². The molecule has 0 saturated carbocycles. The first-order chi connectivity index (χ1) is 6.63. The van der Waals surface area contributed by atoms with Crippen molar-refractivity contribution >= 4 is 23.5 Å². The fourth-order valence-electron chi connectivity index (χ4n) is 0.991. The largest absolute Gasteiger partial charge is 0.325 e. The van der Waals surface area contributed by atoms with Crippen LogP contribution in [0, 0.1) is 12.7 Å². The molecule has 0 atom stereocenters. The van der Waals surface area contributed by atoms with Crippen LogP contribution in [-0.4, -0.2) is 11.7 Å². The normalized spacial score (nSPS) is 9.93. The minimum absolute atomic E-state index is 0.163. The lowest BCUT2D eigenvalue weighted by Gasteiger charge is -2.07. The molecule has 0 fully saturated rings. The molecule has 0 spiro atoms. The summed E-state index contributed by atoms with van der Waals surface area (Å²) in [5.41, 5.74) is 1.31. The van der Waals surface area contributed by atoms with Crippen LogP contribution < -0.4 is 10.5 Å². The Balaban J connectivity index is 2.75. The van der Waals surface area contributed by atoms with Crippen LogP contribution in [0.25, 0.3) is 0 Å². The third kappa shape index (κ3) is 3.01. The number of anilines is 1. The van der Waals surface area contributed by atoms with E-state index >= 15 is 0 Å². The van der Waals surface area contributed by atoms with Crippen LogP contribution in [0.3, 0.4) is 0 Å². The van der Waals surface area contributed by atoms with Crippen molar-refractivity contribution in [2.24, 2.45) is 5.14 Å². The number of benzene rings is 1. The van der Waals surface area contributed by atoms with Crippen LogP contribution in [-0.2, 0) is 4.79 Å². The number of hydrogen-bond acceptors (Lipinski definition) is 3. The number of amides is 1. The minimum Gasteiger partial charge on any atom is -0.325 e. The molecule has 1 aromatic carbocycles. The smallest absolute Gasteiger partial charge is 0.235 e. The average molecular weight is 214 g/mol. The van der Waals surface area contributed by atoms with Gasteiger partial charge in [0.2, 0.25) is 5.91 Å². The van der Waals surface area contributed by atoms with Gasteiger partial charge in [-0.3, -0.25) is 9.93 Å². The van der Waals surface area contributed by atoms with E-state index in [1.165, 1.54) is 12.1 Å². The van der Waals surface area contributed by atoms with Crippen molar-refractivity contribution in [2.45, 2.75) is 6.92 Å². The van der Waals surface area contributed by atoms with Crippen LogP contribution in [0.1, 0.15) is 5.56 Å². The fourth-order valence-corrected chi connectivity index (χ4v) is 1.21. The second-order valence-corrected chi connectivity index (χ2v) is 3.44. The third-order valence-corrected chi connectivity index (χ3v) is 2.12. The standard InChI is InChI=1S/C9H11FN2OS/c1-6-2-3-7(10)4-8(6)12-9(13)5-14-11/h2-4H,5,11H2,1H3,(H,12,13). The highest BCUT2D eigenvalue weighted by molar-refractivity contribution is 7.97. The van der Waals surface area contributed by atoms with Gasteiger partial charge in [0.15, 0.2) is 0 Å². The lowest BCUT2D eigenvalue weighted by atomic mass is 10.2. The molecule has 1 aromatic rings. The van der Waals surface area contributed by atoms with E-state index in [-0.39, 0.29) is 17.5 Å². The first kappa shape index (κ1) is 11.0. The first-order valence-corrected chi connectivity index (χ1v) is 5.06. The number of halogens is 1. The Morgan fingerprint density at radius 2 is 2.36 bits per heavy atom. The molecule has 0 aliphatic heterocycles. The molecule has 3 nitrogen and oxygen atoms in total. The molecular formula is C9H11FN2OS. The molecule has 76 valence electrons. The molecule has 0 bridgehead atoms. The molecule has 0 saturated heterocycles. The zero-order valence-electron chi connectivity index (χ0n) is 7.71. The van der Waals surface area contributed by atoms with Gasteiger partial charge in [0.25, 0.3) is 0 Å². The van der Waals surface area contributed by atoms with Crippen molar-refractivity contribution in [2.75, 3.05) is 11.1 Å². The summed E-state index contributed by atoms with van der Waals surface area (Å²) in [6.45, 7) is 1.80. The van der Waals surface area contributed by atoms with Crippen molar-refractivity contribution in [3.8, 4) is 0 Å². The summed E-state index contributed by atoms with van der Waals surface area (Å²) in [5.74, 6) is -0.437. The number of carbonyl (C=O) groups excluding carboxylic acids is 1. The maximum atomic E-state index is 12.8. The second kappa shape index (κ2) is 4.97. The van der Waals surface area contributed by atoms with Crippen LogP contribution in [0.4, 0.5) is 10.1 Å². The predicted molar refractivity (Wildman–Crippen MR) is 56.4 cm³/mol. The van der Waals surface area contributed by atoms with E-state index in [9.17, 15) is 9.18 Å². The average Bonchev–Trinajstić information content (AvgIpc) is 2.12. The summed E-state index contributed by atoms with van der Waals surface area (Å²) >= 11 is 0.933. The van der Waals surface area contributed by atoms with Crippen molar-refractivity contribution in [1.82, 2.24) is 0 Å². The van der Waals surface area contributed by atoms with E-state index in [0.717, 1.165) is 17.5 Å². The lowest BCUT2D eigenvalue weighted by molar-refractivity contribution is -0.113. The van der Waals surface area contributed by atoms with Gasteiger partial charge in [0.1, 0.15) is 5.82 Å². The van der Waals surface area contributed by atoms with Crippen LogP contribution in [0.15, 0.2) is 18.2 Å². The van der Waals surface area contributed by atoms with Gasteiger partial charge >= 0.3 is 0 Å². The summed E-state index contributed by atoms with van der Waals surface area (Å²) in [6, 6.07) is 4.25. The number of rotatable bonds is 3. The molecule has 0 aromatic heterocycles. The van der Waals surface area contributed by atoms with Gasteiger partial charge in [-0.2, -0.15) is 0 Å². The van der Waals surface area contributed by atoms with Crippen molar-refractivity contribution in [1.29, 1.82) is 0 Å². The van der Waals surface area contributed by atoms with Gasteiger partial charge in [-0.25, -0.2) is 4.39 Å². The van der Waals surface area contributed by atoms with Crippen LogP contribution in [0.2, 0.25) is 0 Å². The number of aryl methyl sites for hydroxylation is 1. The van der Waals surface area contributed by atoms with E-state index in [2.05, 4.69) is 5.32 Å². The number of carbonyl (C=O) groups is 1. The molecule has 1 rings (SSSR count). The summed E-state index contributed by atoms with van der Waals surface area (Å²) in [6.07, 6.45) is 0. The number of nitrogens with one attached hydrogen (secondary N) is 1. The predicted octanol–water partition coefficient (Wildman–Crippen LogP) is 1.68. The third-order valence-electron chi connectivity index (χ3n) is 1.69. The number of hydrogen-bond donors (Lipinski definition) is 2. The second-order valence-electron chi connectivity index (χ2n) is 2.82. The van der Waals surface area contributed by atoms with Crippen molar-refractivity contribution in [3.63, 3.8) is 0 Å². The Morgan fingerprint density at radius 3 is 3.00 bits per heavy atom. The molecule has 3 N–H and O–H groups in total. The molecule has 14 heavy (non-hydrogen) atoms. The Bertz CT molecular complexity index is 344. The maximum Gasteiger partial charge on any atom is 0.235 e. The zero-order valence-corrected chi connectivity index (χ0v) is 8.53. The van der Waals surface area contributed by atoms with Crippen molar-refractivity contribution in [3.05, 3.63) is 29.6 Å². The highest BCUT2D eigenvalue weighted by Crippen LogP contribution is 2.15. The first-order valence-electron chi connectivity index (χ1n) is 4.01. The van der Waals surface area contributed by atoms with Gasteiger partial charge in [-0.1, -0.05) is 18.0 Å². The van der Waals surface area contributed by atoms with Crippen molar-refractivity contribution < 1.29 is 9.18 Å². The highest BCUT2D eigenvalue weighted by atomic mass is 32.2. The van der Waals surface area contributed by atoms with Crippen LogP contribution >= 0.6 is 11.9 Å². The van der Waals surface area contributed by atoms with Gasteiger partial charge in [-0.15, -0.1) is 0 Å². The van der Waals surface area contributed by atoms with Gasteiger partial charge in [0.05, 0.1) is 5.75 Å². The summed E-state index contributed by atoms with van der Waals surface area (Å²) in [7, 11) is 0. The molecular weight excluding hydrogens is 203 g/mol. The van der Waals surface area contributed by atoms with E-state index in [4.69, 9.17) is 5.14 Å². The van der Waals surface area contributed by atoms with E-state index in [0.29, 0.717) is 5.69 Å². The topological polar surface area (TPSA) is 55.1 Å². The summed E-state index contributed by atoms with van der Waals surface area (Å²) < 4.78 is 12.8. The Labute approximate surface area is 86.0 Å². The Morgan fingerprint density at radius 1 is 1.64 bits per heavy atom. The van der Waals surface area contributed by atoms with Gasteiger partial charge in [0, 0.05) is 5.69 Å². The summed E-state index contributed by atoms with van der Waals surface area (Å²) in [5, 5.41) is 7.70. The number of nitrogens with two attached hydrogens (primary N) is 1. The molecule has 0 heterocycles. The van der Waals surface area contributed by atoms with E-state index < -0.39 is 0 Å². The minimum atomic E-state index is -0.369. The molecule has 1 amide bonds. The lowest BCUT2D eigenvalue weighted by Crippen LogP contribution is -2.15. The highest BCUT2D eigenvalue weighted by Gasteiger charge is 2.04. The monoisotopic (exact) mass is 214 g/mol. The molecule has 0 aliphatic carbocycles. The molecule has 0 radical (unpaired) electrons. The fraction of sp³-hybridized carbons (Fsp3) is 0.222. The molecule has 0 unspecified atom stereocenters. The molecule has 5 heteroatoms.